The van der Waals surface area contributed by atoms with Crippen LogP contribution < -0.4 is 10.6 Å². The maximum atomic E-state index is 9.69. The Hall–Kier alpha value is -1.63. The summed E-state index contributed by atoms with van der Waals surface area (Å²) in [6.45, 7) is 7.13. The molecule has 1 fully saturated rings. The van der Waals surface area contributed by atoms with Crippen molar-refractivity contribution < 1.29 is 9.84 Å². The highest BCUT2D eigenvalue weighted by atomic mass is 16.5. The first kappa shape index (κ1) is 20.7. The van der Waals surface area contributed by atoms with Crippen LogP contribution in [0.15, 0.2) is 35.3 Å². The molecule has 6 heteroatoms. The van der Waals surface area contributed by atoms with Crippen LogP contribution in [0.4, 0.5) is 0 Å². The molecule has 0 saturated heterocycles. The Balaban J connectivity index is 1.83. The summed E-state index contributed by atoms with van der Waals surface area (Å²) in [5.74, 6) is 0.834. The van der Waals surface area contributed by atoms with Crippen molar-refractivity contribution in [1.82, 2.24) is 15.5 Å². The van der Waals surface area contributed by atoms with Gasteiger partial charge < -0.3 is 20.5 Å². The highest BCUT2D eigenvalue weighted by Gasteiger charge is 2.28. The first-order valence-corrected chi connectivity index (χ1v) is 9.69. The van der Waals surface area contributed by atoms with Crippen LogP contribution in [0.2, 0.25) is 0 Å². The fourth-order valence-corrected chi connectivity index (χ4v) is 2.98. The maximum Gasteiger partial charge on any atom is 0.191 e. The van der Waals surface area contributed by atoms with Gasteiger partial charge in [-0.05, 0) is 25.3 Å². The predicted molar refractivity (Wildman–Crippen MR) is 107 cm³/mol. The summed E-state index contributed by atoms with van der Waals surface area (Å²) in [5, 5.41) is 16.4. The van der Waals surface area contributed by atoms with Gasteiger partial charge >= 0.3 is 0 Å². The van der Waals surface area contributed by atoms with Crippen molar-refractivity contribution in [3.63, 3.8) is 0 Å². The van der Waals surface area contributed by atoms with E-state index in [0.29, 0.717) is 6.54 Å². The van der Waals surface area contributed by atoms with E-state index < -0.39 is 0 Å². The van der Waals surface area contributed by atoms with Crippen molar-refractivity contribution in [2.45, 2.75) is 31.7 Å². The number of aliphatic imine (C=N–C) groups is 1. The fourth-order valence-electron chi connectivity index (χ4n) is 2.98. The van der Waals surface area contributed by atoms with Gasteiger partial charge in [0.25, 0.3) is 0 Å². The monoisotopic (exact) mass is 362 g/mol. The lowest BCUT2D eigenvalue weighted by Gasteiger charge is -2.22. The number of ether oxygens (including phenoxy) is 1. The van der Waals surface area contributed by atoms with E-state index in [1.807, 2.05) is 30.3 Å². The second kappa shape index (κ2) is 11.9. The molecule has 1 unspecified atom stereocenters. The number of nitrogens with one attached hydrogen (secondary N) is 2. The first-order valence-electron chi connectivity index (χ1n) is 9.69. The molecule has 3 N–H and O–H groups in total. The Morgan fingerprint density at radius 1 is 1.27 bits per heavy atom. The van der Waals surface area contributed by atoms with E-state index >= 15 is 0 Å². The normalized spacial score (nSPS) is 15.9. The summed E-state index contributed by atoms with van der Waals surface area (Å²) in [5.41, 5.74) is 1.12. The molecule has 2 rings (SSSR count). The van der Waals surface area contributed by atoms with Crippen LogP contribution in [0.3, 0.4) is 0 Å². The topological polar surface area (TPSA) is 69.1 Å². The predicted octanol–water partition coefficient (Wildman–Crippen LogP) is 1.43. The van der Waals surface area contributed by atoms with Crippen molar-refractivity contribution in [2.24, 2.45) is 4.99 Å². The minimum atomic E-state index is 0.0244. The summed E-state index contributed by atoms with van der Waals surface area (Å²) in [7, 11) is 1.75. The summed E-state index contributed by atoms with van der Waals surface area (Å²) in [6, 6.07) is 10.8. The molecule has 1 atom stereocenters. The zero-order valence-corrected chi connectivity index (χ0v) is 16.2. The van der Waals surface area contributed by atoms with E-state index in [1.165, 1.54) is 12.8 Å². The molecular formula is C20H34N4O2. The second-order valence-corrected chi connectivity index (χ2v) is 6.70. The number of aliphatic hydroxyl groups excluding tert-OH is 1. The van der Waals surface area contributed by atoms with Gasteiger partial charge in [-0.25, -0.2) is 0 Å². The Labute approximate surface area is 157 Å². The van der Waals surface area contributed by atoms with Crippen LogP contribution in [0.25, 0.3) is 0 Å². The molecule has 1 aromatic rings. The Morgan fingerprint density at radius 2 is 2.04 bits per heavy atom. The molecular weight excluding hydrogens is 328 g/mol. The first-order chi connectivity index (χ1) is 12.8. The van der Waals surface area contributed by atoms with Crippen LogP contribution in [0.1, 0.15) is 31.2 Å². The van der Waals surface area contributed by atoms with Gasteiger partial charge in [0.2, 0.25) is 0 Å². The highest BCUT2D eigenvalue weighted by Crippen LogP contribution is 2.25. The van der Waals surface area contributed by atoms with Crippen molar-refractivity contribution in [2.75, 3.05) is 53.0 Å². The average molecular weight is 363 g/mol. The van der Waals surface area contributed by atoms with Crippen molar-refractivity contribution in [1.29, 1.82) is 0 Å². The molecule has 0 aliphatic heterocycles. The van der Waals surface area contributed by atoms with Crippen LogP contribution in [-0.2, 0) is 4.74 Å². The molecule has 0 heterocycles. The number of benzene rings is 1. The quantitative estimate of drug-likeness (QED) is 0.388. The molecule has 26 heavy (non-hydrogen) atoms. The van der Waals surface area contributed by atoms with Crippen molar-refractivity contribution in [3.8, 4) is 0 Å². The highest BCUT2D eigenvalue weighted by molar-refractivity contribution is 5.79. The number of hydrogen-bond acceptors (Lipinski definition) is 4. The van der Waals surface area contributed by atoms with Gasteiger partial charge in [0, 0.05) is 45.2 Å². The van der Waals surface area contributed by atoms with Gasteiger partial charge in [-0.1, -0.05) is 30.3 Å². The Bertz CT molecular complexity index is 520. The lowest BCUT2D eigenvalue weighted by molar-refractivity contribution is 0.144. The number of aliphatic hydroxyl groups is 1. The summed E-state index contributed by atoms with van der Waals surface area (Å²) < 4.78 is 5.21. The van der Waals surface area contributed by atoms with Crippen molar-refractivity contribution in [3.05, 3.63) is 35.9 Å². The van der Waals surface area contributed by atoms with Crippen LogP contribution in [0, 0.1) is 0 Å². The number of rotatable bonds is 12. The van der Waals surface area contributed by atoms with Gasteiger partial charge in [-0.15, -0.1) is 0 Å². The number of methoxy groups -OCH3 is 1. The average Bonchev–Trinajstić information content (AvgIpc) is 3.51. The molecule has 1 aliphatic rings. The van der Waals surface area contributed by atoms with E-state index in [-0.39, 0.29) is 12.5 Å². The minimum Gasteiger partial charge on any atom is -0.396 e. The molecule has 0 bridgehead atoms. The van der Waals surface area contributed by atoms with Gasteiger partial charge in [-0.3, -0.25) is 9.89 Å². The van der Waals surface area contributed by atoms with Crippen LogP contribution in [-0.4, -0.2) is 75.1 Å². The molecule has 0 radical (unpaired) electrons. The molecule has 1 saturated carbocycles. The van der Waals surface area contributed by atoms with Crippen molar-refractivity contribution >= 4 is 5.96 Å². The third kappa shape index (κ3) is 7.32. The smallest absolute Gasteiger partial charge is 0.191 e. The summed E-state index contributed by atoms with van der Waals surface area (Å²) >= 11 is 0. The van der Waals surface area contributed by atoms with Gasteiger partial charge in [0.15, 0.2) is 5.96 Å². The second-order valence-electron chi connectivity index (χ2n) is 6.70. The van der Waals surface area contributed by atoms with Gasteiger partial charge in [0.1, 0.15) is 0 Å². The number of hydrogen-bond donors (Lipinski definition) is 3. The third-order valence-corrected chi connectivity index (χ3v) is 4.64. The summed E-state index contributed by atoms with van der Waals surface area (Å²) in [6.07, 6.45) is 2.60. The Kier molecular flexibility index (Phi) is 9.45. The number of guanidine groups is 1. The van der Waals surface area contributed by atoms with E-state index in [4.69, 9.17) is 4.74 Å². The minimum absolute atomic E-state index is 0.0244. The lowest BCUT2D eigenvalue weighted by Crippen LogP contribution is -2.43. The van der Waals surface area contributed by atoms with E-state index in [9.17, 15) is 5.11 Å². The molecule has 1 aliphatic carbocycles. The molecule has 1 aromatic carbocycles. The largest absolute Gasteiger partial charge is 0.396 e. The van der Waals surface area contributed by atoms with E-state index in [1.54, 1.807) is 7.11 Å². The standard InChI is InChI=1S/C20H34N4O2/c1-3-21-20(22-11-12-24(13-14-26-2)19-9-10-19)23-15-18(16-25)17-7-5-4-6-8-17/h4-8,18-19,25H,3,9-16H2,1-2H3,(H2,21,22,23). The molecule has 6 nitrogen and oxygen atoms in total. The number of nitrogens with zero attached hydrogens (tertiary/aromatic N) is 2. The van der Waals surface area contributed by atoms with E-state index in [0.717, 1.165) is 50.4 Å². The van der Waals surface area contributed by atoms with Crippen LogP contribution >= 0.6 is 0 Å². The van der Waals surface area contributed by atoms with Gasteiger partial charge in [-0.2, -0.15) is 0 Å². The zero-order chi connectivity index (χ0) is 18.6. The molecule has 0 aromatic heterocycles. The zero-order valence-electron chi connectivity index (χ0n) is 16.2. The summed E-state index contributed by atoms with van der Waals surface area (Å²) in [4.78, 5) is 7.16. The SMILES string of the molecule is CCNC(=NCC(CO)c1ccccc1)NCCN(CCOC)C1CC1. The third-order valence-electron chi connectivity index (χ3n) is 4.64. The van der Waals surface area contributed by atoms with Crippen LogP contribution in [0.5, 0.6) is 0 Å². The van der Waals surface area contributed by atoms with E-state index in [2.05, 4.69) is 27.4 Å². The lowest BCUT2D eigenvalue weighted by atomic mass is 10.0. The Morgan fingerprint density at radius 3 is 2.65 bits per heavy atom. The molecule has 146 valence electrons. The fraction of sp³-hybridized carbons (Fsp3) is 0.650. The molecule has 0 amide bonds. The molecule has 0 spiro atoms. The van der Waals surface area contributed by atoms with Gasteiger partial charge in [0.05, 0.1) is 19.8 Å². The maximum absolute atomic E-state index is 9.69.